The molecule has 0 saturated carbocycles. The first-order chi connectivity index (χ1) is 8.69. The third-order valence-electron chi connectivity index (χ3n) is 2.64. The Hall–Kier alpha value is -2.36. The Bertz CT molecular complexity index is 523. The van der Waals surface area contributed by atoms with Gasteiger partial charge in [0, 0.05) is 23.9 Å². The van der Waals surface area contributed by atoms with E-state index in [2.05, 4.69) is 5.32 Å². The van der Waals surface area contributed by atoms with E-state index in [1.54, 1.807) is 19.2 Å². The first-order valence-corrected chi connectivity index (χ1v) is 5.58. The lowest BCUT2D eigenvalue weighted by atomic mass is 10.2. The van der Waals surface area contributed by atoms with Crippen molar-refractivity contribution in [3.05, 3.63) is 48.0 Å². The number of ether oxygens (including phenoxy) is 1. The van der Waals surface area contributed by atoms with Crippen LogP contribution in [0.5, 0.6) is 17.2 Å². The molecule has 0 radical (unpaired) electrons. The van der Waals surface area contributed by atoms with E-state index in [9.17, 15) is 10.2 Å². The molecular weight excluding hydrogens is 230 g/mol. The average Bonchev–Trinajstić information content (AvgIpc) is 2.38. The lowest BCUT2D eigenvalue weighted by molar-refractivity contribution is 0.415. The minimum atomic E-state index is 0.0562. The molecule has 0 atom stereocenters. The second kappa shape index (κ2) is 5.31. The third-order valence-corrected chi connectivity index (χ3v) is 2.64. The minimum absolute atomic E-state index is 0.0562. The number of phenols is 2. The summed E-state index contributed by atoms with van der Waals surface area (Å²) in [5, 5.41) is 22.0. The maximum absolute atomic E-state index is 9.63. The minimum Gasteiger partial charge on any atom is -0.508 e. The Kier molecular flexibility index (Phi) is 3.57. The van der Waals surface area contributed by atoms with Crippen LogP contribution in [0.1, 0.15) is 5.56 Å². The van der Waals surface area contributed by atoms with Crippen LogP contribution in [0.25, 0.3) is 0 Å². The summed E-state index contributed by atoms with van der Waals surface area (Å²) in [6.07, 6.45) is 0. The Balaban J connectivity index is 2.02. The second-order valence-corrected chi connectivity index (χ2v) is 3.90. The number of benzene rings is 2. The van der Waals surface area contributed by atoms with Crippen molar-refractivity contribution in [2.45, 2.75) is 6.54 Å². The van der Waals surface area contributed by atoms with Gasteiger partial charge in [-0.2, -0.15) is 0 Å². The molecule has 94 valence electrons. The van der Waals surface area contributed by atoms with Gasteiger partial charge in [0.2, 0.25) is 0 Å². The molecule has 4 nitrogen and oxygen atoms in total. The molecule has 0 fully saturated rings. The van der Waals surface area contributed by atoms with Gasteiger partial charge >= 0.3 is 0 Å². The summed E-state index contributed by atoms with van der Waals surface area (Å²) >= 11 is 0. The molecule has 2 aromatic rings. The molecule has 0 spiro atoms. The van der Waals surface area contributed by atoms with E-state index in [1.165, 1.54) is 6.07 Å². The van der Waals surface area contributed by atoms with E-state index in [-0.39, 0.29) is 11.5 Å². The molecule has 4 heteroatoms. The van der Waals surface area contributed by atoms with Crippen molar-refractivity contribution in [1.29, 1.82) is 0 Å². The predicted molar refractivity (Wildman–Crippen MR) is 70.1 cm³/mol. The smallest absolute Gasteiger partial charge is 0.124 e. The fourth-order valence-electron chi connectivity index (χ4n) is 1.61. The normalized spacial score (nSPS) is 10.1. The lowest BCUT2D eigenvalue weighted by Gasteiger charge is -2.09. The highest BCUT2D eigenvalue weighted by Gasteiger charge is 2.02. The molecule has 0 bridgehead atoms. The quantitative estimate of drug-likeness (QED) is 0.775. The van der Waals surface area contributed by atoms with Gasteiger partial charge in [-0.1, -0.05) is 0 Å². The highest BCUT2D eigenvalue weighted by molar-refractivity contribution is 5.48. The zero-order valence-corrected chi connectivity index (χ0v) is 10.1. The molecular formula is C14H15NO3. The molecule has 18 heavy (non-hydrogen) atoms. The zero-order chi connectivity index (χ0) is 13.0. The van der Waals surface area contributed by atoms with Gasteiger partial charge in [0.05, 0.1) is 7.11 Å². The maximum atomic E-state index is 9.63. The lowest BCUT2D eigenvalue weighted by Crippen LogP contribution is -1.99. The summed E-state index contributed by atoms with van der Waals surface area (Å²) in [5.41, 5.74) is 1.66. The summed E-state index contributed by atoms with van der Waals surface area (Å²) in [6, 6.07) is 12.1. The maximum Gasteiger partial charge on any atom is 0.124 e. The summed E-state index contributed by atoms with van der Waals surface area (Å²) in [4.78, 5) is 0. The van der Waals surface area contributed by atoms with Crippen molar-refractivity contribution < 1.29 is 14.9 Å². The summed E-state index contributed by atoms with van der Waals surface area (Å²) in [5.74, 6) is 0.935. The van der Waals surface area contributed by atoms with Crippen LogP contribution in [-0.4, -0.2) is 17.3 Å². The number of hydrogen-bond donors (Lipinski definition) is 3. The number of nitrogens with one attached hydrogen (secondary N) is 1. The zero-order valence-electron chi connectivity index (χ0n) is 10.1. The van der Waals surface area contributed by atoms with Gasteiger partial charge in [-0.05, 0) is 36.4 Å². The molecule has 0 aliphatic heterocycles. The van der Waals surface area contributed by atoms with E-state index in [0.29, 0.717) is 6.54 Å². The molecule has 2 aromatic carbocycles. The Labute approximate surface area is 105 Å². The second-order valence-electron chi connectivity index (χ2n) is 3.90. The van der Waals surface area contributed by atoms with Gasteiger partial charge in [-0.15, -0.1) is 0 Å². The Morgan fingerprint density at radius 1 is 1.06 bits per heavy atom. The van der Waals surface area contributed by atoms with Crippen LogP contribution in [0.4, 0.5) is 5.69 Å². The molecule has 0 aromatic heterocycles. The molecule has 0 aliphatic rings. The van der Waals surface area contributed by atoms with Crippen molar-refractivity contribution in [2.24, 2.45) is 0 Å². The molecule has 3 N–H and O–H groups in total. The summed E-state index contributed by atoms with van der Waals surface area (Å²) < 4.78 is 5.07. The van der Waals surface area contributed by atoms with Crippen LogP contribution in [0.15, 0.2) is 42.5 Å². The summed E-state index contributed by atoms with van der Waals surface area (Å²) in [7, 11) is 1.62. The van der Waals surface area contributed by atoms with Crippen LogP contribution >= 0.6 is 0 Å². The molecule has 0 amide bonds. The molecule has 2 rings (SSSR count). The van der Waals surface area contributed by atoms with E-state index >= 15 is 0 Å². The van der Waals surface area contributed by atoms with Crippen molar-refractivity contribution in [1.82, 2.24) is 0 Å². The fourth-order valence-corrected chi connectivity index (χ4v) is 1.61. The Morgan fingerprint density at radius 2 is 1.78 bits per heavy atom. The molecule has 0 unspecified atom stereocenters. The van der Waals surface area contributed by atoms with Gasteiger partial charge in [-0.3, -0.25) is 0 Å². The summed E-state index contributed by atoms with van der Waals surface area (Å²) in [6.45, 7) is 0.485. The van der Waals surface area contributed by atoms with Crippen LogP contribution in [0.2, 0.25) is 0 Å². The SMILES string of the molecule is COc1ccc(NCc2ccc(O)cc2O)cc1. The Morgan fingerprint density at radius 3 is 2.39 bits per heavy atom. The number of hydrogen-bond acceptors (Lipinski definition) is 4. The van der Waals surface area contributed by atoms with E-state index in [4.69, 9.17) is 4.74 Å². The highest BCUT2D eigenvalue weighted by Crippen LogP contribution is 2.23. The van der Waals surface area contributed by atoms with Gasteiger partial charge in [0.15, 0.2) is 0 Å². The van der Waals surface area contributed by atoms with Crippen molar-refractivity contribution in [2.75, 3.05) is 12.4 Å². The topological polar surface area (TPSA) is 61.7 Å². The van der Waals surface area contributed by atoms with Crippen molar-refractivity contribution in [3.63, 3.8) is 0 Å². The molecule has 0 aliphatic carbocycles. The van der Waals surface area contributed by atoms with Crippen LogP contribution in [0.3, 0.4) is 0 Å². The predicted octanol–water partition coefficient (Wildman–Crippen LogP) is 2.72. The van der Waals surface area contributed by atoms with Crippen LogP contribution in [0, 0.1) is 0 Å². The van der Waals surface area contributed by atoms with E-state index < -0.39 is 0 Å². The van der Waals surface area contributed by atoms with Crippen molar-refractivity contribution >= 4 is 5.69 Å². The standard InChI is InChI=1S/C14H15NO3/c1-18-13-6-3-11(4-7-13)15-9-10-2-5-12(16)8-14(10)17/h2-8,15-17H,9H2,1H3. The van der Waals surface area contributed by atoms with Gasteiger partial charge < -0.3 is 20.3 Å². The first-order valence-electron chi connectivity index (χ1n) is 5.58. The van der Waals surface area contributed by atoms with Gasteiger partial charge in [0.25, 0.3) is 0 Å². The first kappa shape index (κ1) is 12.1. The number of rotatable bonds is 4. The van der Waals surface area contributed by atoms with Crippen LogP contribution in [-0.2, 0) is 6.54 Å². The number of aromatic hydroxyl groups is 2. The number of phenolic OH excluding ortho intramolecular Hbond substituents is 2. The van der Waals surface area contributed by atoms with Gasteiger partial charge in [-0.25, -0.2) is 0 Å². The van der Waals surface area contributed by atoms with Crippen molar-refractivity contribution in [3.8, 4) is 17.2 Å². The van der Waals surface area contributed by atoms with E-state index in [0.717, 1.165) is 17.0 Å². The largest absolute Gasteiger partial charge is 0.508 e. The highest BCUT2D eigenvalue weighted by atomic mass is 16.5. The number of methoxy groups -OCH3 is 1. The van der Waals surface area contributed by atoms with E-state index in [1.807, 2.05) is 24.3 Å². The fraction of sp³-hybridized carbons (Fsp3) is 0.143. The van der Waals surface area contributed by atoms with Crippen LogP contribution < -0.4 is 10.1 Å². The molecule has 0 saturated heterocycles. The monoisotopic (exact) mass is 245 g/mol. The number of anilines is 1. The third kappa shape index (κ3) is 2.85. The van der Waals surface area contributed by atoms with Gasteiger partial charge in [0.1, 0.15) is 17.2 Å². The average molecular weight is 245 g/mol. The molecule has 0 heterocycles.